The second-order valence-electron chi connectivity index (χ2n) is 6.02. The molecule has 0 radical (unpaired) electrons. The molecule has 0 heterocycles. The third kappa shape index (κ3) is 5.77. The monoisotopic (exact) mass is 352 g/mol. The molecule has 1 atom stereocenters. The van der Waals surface area contributed by atoms with Crippen LogP contribution in [0.3, 0.4) is 0 Å². The summed E-state index contributed by atoms with van der Waals surface area (Å²) < 4.78 is 5.09. The van der Waals surface area contributed by atoms with Gasteiger partial charge in [0.1, 0.15) is 11.8 Å². The number of carbonyl (C=O) groups excluding carboxylic acids is 2. The van der Waals surface area contributed by atoms with Crippen LogP contribution in [0.4, 0.5) is 0 Å². The molecule has 1 N–H and O–H groups in total. The Morgan fingerprint density at radius 2 is 1.77 bits per heavy atom. The number of hydrogen-bond donors (Lipinski definition) is 1. The molecule has 0 aromatic heterocycles. The van der Waals surface area contributed by atoms with Gasteiger partial charge in [0.15, 0.2) is 0 Å². The average molecular weight is 352 g/mol. The molecule has 0 saturated carbocycles. The van der Waals surface area contributed by atoms with E-state index in [9.17, 15) is 9.59 Å². The zero-order valence-electron chi connectivity index (χ0n) is 15.3. The van der Waals surface area contributed by atoms with Gasteiger partial charge in [0.2, 0.25) is 11.8 Å². The van der Waals surface area contributed by atoms with Crippen molar-refractivity contribution in [3.8, 4) is 5.75 Å². The van der Waals surface area contributed by atoms with Crippen LogP contribution in [0.5, 0.6) is 5.75 Å². The van der Waals surface area contributed by atoms with Crippen molar-refractivity contribution in [2.45, 2.75) is 19.5 Å². The predicted octanol–water partition coefficient (Wildman–Crippen LogP) is 2.87. The van der Waals surface area contributed by atoms with Crippen LogP contribution in [0.15, 0.2) is 60.7 Å². The van der Waals surface area contributed by atoms with Crippen molar-refractivity contribution in [2.24, 2.45) is 0 Å². The first-order valence-electron chi connectivity index (χ1n) is 8.41. The van der Waals surface area contributed by atoms with Crippen LogP contribution in [0.1, 0.15) is 18.1 Å². The molecule has 2 amide bonds. The van der Waals surface area contributed by atoms with Crippen molar-refractivity contribution in [2.75, 3.05) is 14.2 Å². The van der Waals surface area contributed by atoms with Gasteiger partial charge >= 0.3 is 0 Å². The van der Waals surface area contributed by atoms with E-state index in [0.29, 0.717) is 6.54 Å². The Morgan fingerprint density at radius 3 is 2.38 bits per heavy atom. The minimum Gasteiger partial charge on any atom is -0.497 e. The van der Waals surface area contributed by atoms with Crippen LogP contribution in [-0.2, 0) is 16.1 Å². The lowest BCUT2D eigenvalue weighted by molar-refractivity contribution is -0.134. The Labute approximate surface area is 154 Å². The highest BCUT2D eigenvalue weighted by Crippen LogP contribution is 2.12. The molecule has 5 heteroatoms. The first-order chi connectivity index (χ1) is 12.5. The van der Waals surface area contributed by atoms with E-state index >= 15 is 0 Å². The van der Waals surface area contributed by atoms with Crippen molar-refractivity contribution < 1.29 is 14.3 Å². The summed E-state index contributed by atoms with van der Waals surface area (Å²) in [6.45, 7) is 2.19. The lowest BCUT2D eigenvalue weighted by Crippen LogP contribution is -2.44. The fraction of sp³-hybridized carbons (Fsp3) is 0.238. The number of ether oxygens (including phenoxy) is 1. The number of nitrogens with zero attached hydrogens (tertiary/aromatic N) is 1. The number of rotatable bonds is 7. The van der Waals surface area contributed by atoms with E-state index in [0.717, 1.165) is 16.9 Å². The SMILES string of the molecule is COc1ccc(/C=C/C(=O)NC(C)C(=O)N(C)Cc2ccccc2)cc1. The predicted molar refractivity (Wildman–Crippen MR) is 103 cm³/mol. The second-order valence-corrected chi connectivity index (χ2v) is 6.02. The van der Waals surface area contributed by atoms with Crippen LogP contribution >= 0.6 is 0 Å². The van der Waals surface area contributed by atoms with Gasteiger partial charge in [-0.3, -0.25) is 9.59 Å². The number of hydrogen-bond acceptors (Lipinski definition) is 3. The summed E-state index contributed by atoms with van der Waals surface area (Å²) in [5, 5.41) is 2.70. The van der Waals surface area contributed by atoms with E-state index in [-0.39, 0.29) is 11.8 Å². The third-order valence-corrected chi connectivity index (χ3v) is 3.91. The fourth-order valence-corrected chi connectivity index (χ4v) is 2.48. The topological polar surface area (TPSA) is 58.6 Å². The summed E-state index contributed by atoms with van der Waals surface area (Å²) in [4.78, 5) is 26.0. The van der Waals surface area contributed by atoms with Gasteiger partial charge in [0.05, 0.1) is 7.11 Å². The highest BCUT2D eigenvalue weighted by molar-refractivity contribution is 5.95. The van der Waals surface area contributed by atoms with Crippen LogP contribution in [0.2, 0.25) is 0 Å². The molecule has 26 heavy (non-hydrogen) atoms. The van der Waals surface area contributed by atoms with Crippen molar-refractivity contribution in [3.63, 3.8) is 0 Å². The first kappa shape index (κ1) is 19.2. The molecule has 0 fully saturated rings. The molecule has 5 nitrogen and oxygen atoms in total. The number of carbonyl (C=O) groups is 2. The summed E-state index contributed by atoms with van der Waals surface area (Å²) in [5.74, 6) is 0.308. The molecule has 0 aliphatic rings. The van der Waals surface area contributed by atoms with E-state index in [2.05, 4.69) is 5.32 Å². The third-order valence-electron chi connectivity index (χ3n) is 3.91. The quantitative estimate of drug-likeness (QED) is 0.780. The minimum atomic E-state index is -0.600. The minimum absolute atomic E-state index is 0.139. The molecule has 2 aromatic rings. The van der Waals surface area contributed by atoms with Crippen molar-refractivity contribution in [1.82, 2.24) is 10.2 Å². The van der Waals surface area contributed by atoms with E-state index in [4.69, 9.17) is 4.74 Å². The fourth-order valence-electron chi connectivity index (χ4n) is 2.48. The molecule has 2 rings (SSSR count). The molecule has 2 aromatic carbocycles. The normalized spacial score (nSPS) is 11.8. The smallest absolute Gasteiger partial charge is 0.244 e. The number of benzene rings is 2. The van der Waals surface area contributed by atoms with E-state index in [1.54, 1.807) is 32.1 Å². The Bertz CT molecular complexity index is 755. The van der Waals surface area contributed by atoms with Gasteiger partial charge in [-0.05, 0) is 36.3 Å². The molecule has 0 saturated heterocycles. The van der Waals surface area contributed by atoms with Crippen molar-refractivity contribution in [3.05, 3.63) is 71.8 Å². The largest absolute Gasteiger partial charge is 0.497 e. The lowest BCUT2D eigenvalue weighted by atomic mass is 10.2. The maximum absolute atomic E-state index is 12.4. The van der Waals surface area contributed by atoms with Gasteiger partial charge in [-0.2, -0.15) is 0 Å². The van der Waals surface area contributed by atoms with Crippen molar-refractivity contribution >= 4 is 17.9 Å². The van der Waals surface area contributed by atoms with E-state index in [1.807, 2.05) is 54.6 Å². The van der Waals surface area contributed by atoms with E-state index < -0.39 is 6.04 Å². The number of methoxy groups -OCH3 is 1. The maximum atomic E-state index is 12.4. The van der Waals surface area contributed by atoms with Gasteiger partial charge in [-0.15, -0.1) is 0 Å². The van der Waals surface area contributed by atoms with Gasteiger partial charge in [0, 0.05) is 19.7 Å². The van der Waals surface area contributed by atoms with Gasteiger partial charge in [-0.25, -0.2) is 0 Å². The standard InChI is InChI=1S/C21H24N2O3/c1-16(21(25)23(2)15-18-7-5-4-6-8-18)22-20(24)14-11-17-9-12-19(26-3)13-10-17/h4-14,16H,15H2,1-3H3,(H,22,24)/b14-11+. The summed E-state index contributed by atoms with van der Waals surface area (Å²) >= 11 is 0. The Balaban J connectivity index is 1.86. The number of amides is 2. The van der Waals surface area contributed by atoms with Crippen LogP contribution in [-0.4, -0.2) is 36.9 Å². The lowest BCUT2D eigenvalue weighted by Gasteiger charge is -2.21. The zero-order valence-corrected chi connectivity index (χ0v) is 15.3. The van der Waals surface area contributed by atoms with Gasteiger partial charge in [-0.1, -0.05) is 42.5 Å². The Morgan fingerprint density at radius 1 is 1.12 bits per heavy atom. The van der Waals surface area contributed by atoms with Crippen LogP contribution in [0.25, 0.3) is 6.08 Å². The Kier molecular flexibility index (Phi) is 6.97. The van der Waals surface area contributed by atoms with Gasteiger partial charge in [0.25, 0.3) is 0 Å². The molecule has 0 spiro atoms. The second kappa shape index (κ2) is 9.42. The summed E-state index contributed by atoms with van der Waals surface area (Å²) in [6.07, 6.45) is 3.11. The summed E-state index contributed by atoms with van der Waals surface area (Å²) in [7, 11) is 3.33. The highest BCUT2D eigenvalue weighted by atomic mass is 16.5. The molecular formula is C21H24N2O3. The molecule has 136 valence electrons. The number of nitrogens with one attached hydrogen (secondary N) is 1. The number of likely N-dealkylation sites (N-methyl/N-ethyl adjacent to an activating group) is 1. The molecule has 0 aliphatic heterocycles. The zero-order chi connectivity index (χ0) is 18.9. The van der Waals surface area contributed by atoms with Crippen LogP contribution < -0.4 is 10.1 Å². The van der Waals surface area contributed by atoms with E-state index in [1.165, 1.54) is 6.08 Å². The van der Waals surface area contributed by atoms with Crippen LogP contribution in [0, 0.1) is 0 Å². The maximum Gasteiger partial charge on any atom is 0.244 e. The van der Waals surface area contributed by atoms with Crippen molar-refractivity contribution in [1.29, 1.82) is 0 Å². The molecule has 0 aliphatic carbocycles. The molecule has 0 bridgehead atoms. The average Bonchev–Trinajstić information content (AvgIpc) is 2.66. The summed E-state index contributed by atoms with van der Waals surface area (Å²) in [5.41, 5.74) is 1.92. The molecule has 1 unspecified atom stereocenters. The first-order valence-corrected chi connectivity index (χ1v) is 8.41. The molecular weight excluding hydrogens is 328 g/mol. The summed E-state index contributed by atoms with van der Waals surface area (Å²) in [6, 6.07) is 16.5. The Hall–Kier alpha value is -3.08. The highest BCUT2D eigenvalue weighted by Gasteiger charge is 2.18. The van der Waals surface area contributed by atoms with Gasteiger partial charge < -0.3 is 15.0 Å².